The average Bonchev–Trinajstić information content (AvgIpc) is 2.27. The van der Waals surface area contributed by atoms with Crippen LogP contribution in [0.3, 0.4) is 0 Å². The van der Waals surface area contributed by atoms with E-state index in [4.69, 9.17) is 18.0 Å². The average molecular weight is 315 g/mol. The zero-order chi connectivity index (χ0) is 12.7. The Morgan fingerprint density at radius 3 is 2.53 bits per heavy atom. The van der Waals surface area contributed by atoms with Crippen LogP contribution in [0.5, 0.6) is 0 Å². The first kappa shape index (κ1) is 14.6. The highest BCUT2D eigenvalue weighted by Gasteiger charge is 2.00. The Labute approximate surface area is 117 Å². The van der Waals surface area contributed by atoms with E-state index in [0.717, 1.165) is 36.8 Å². The third kappa shape index (κ3) is 6.76. The maximum Gasteiger partial charge on any atom is 0.0727 e. The predicted molar refractivity (Wildman–Crippen MR) is 81.1 cm³/mol. The van der Waals surface area contributed by atoms with Gasteiger partial charge in [0.25, 0.3) is 0 Å². The molecule has 2 nitrogen and oxygen atoms in total. The van der Waals surface area contributed by atoms with Crippen molar-refractivity contribution >= 4 is 33.1 Å². The number of hydrogen-bond donors (Lipinski definition) is 1. The standard InChI is InChI=1S/C13H19BrN2S/c1-16(9-3-2-4-13(15)17)10-11-5-7-12(14)8-6-11/h5-8H,2-4,9-10H2,1H3,(H2,15,17). The smallest absolute Gasteiger partial charge is 0.0727 e. The molecular weight excluding hydrogens is 296 g/mol. The van der Waals surface area contributed by atoms with Gasteiger partial charge in [-0.05, 0) is 50.6 Å². The lowest BCUT2D eigenvalue weighted by Crippen LogP contribution is -2.19. The number of hydrogen-bond acceptors (Lipinski definition) is 2. The number of unbranched alkanes of at least 4 members (excludes halogenated alkanes) is 1. The lowest BCUT2D eigenvalue weighted by Gasteiger charge is -2.16. The summed E-state index contributed by atoms with van der Waals surface area (Å²) in [5.74, 6) is 0. The lowest BCUT2D eigenvalue weighted by atomic mass is 10.2. The second kappa shape index (κ2) is 7.80. The molecule has 0 bridgehead atoms. The lowest BCUT2D eigenvalue weighted by molar-refractivity contribution is 0.319. The van der Waals surface area contributed by atoms with Gasteiger partial charge in [0, 0.05) is 11.0 Å². The first-order valence-electron chi connectivity index (χ1n) is 5.79. The molecule has 0 aromatic heterocycles. The van der Waals surface area contributed by atoms with Gasteiger partial charge in [-0.3, -0.25) is 0 Å². The van der Waals surface area contributed by atoms with E-state index >= 15 is 0 Å². The summed E-state index contributed by atoms with van der Waals surface area (Å²) >= 11 is 8.29. The molecule has 0 unspecified atom stereocenters. The molecule has 1 rings (SSSR count). The number of nitrogens with two attached hydrogens (primary N) is 1. The zero-order valence-electron chi connectivity index (χ0n) is 10.2. The molecule has 0 heterocycles. The van der Waals surface area contributed by atoms with E-state index in [-0.39, 0.29) is 0 Å². The van der Waals surface area contributed by atoms with Gasteiger partial charge in [0.1, 0.15) is 0 Å². The van der Waals surface area contributed by atoms with Gasteiger partial charge in [-0.25, -0.2) is 0 Å². The summed E-state index contributed by atoms with van der Waals surface area (Å²) in [6.07, 6.45) is 3.09. The Morgan fingerprint density at radius 1 is 1.29 bits per heavy atom. The van der Waals surface area contributed by atoms with Crippen molar-refractivity contribution in [3.8, 4) is 0 Å². The molecule has 17 heavy (non-hydrogen) atoms. The van der Waals surface area contributed by atoms with E-state index in [1.165, 1.54) is 5.56 Å². The van der Waals surface area contributed by atoms with E-state index < -0.39 is 0 Å². The van der Waals surface area contributed by atoms with Crippen molar-refractivity contribution in [1.29, 1.82) is 0 Å². The molecule has 0 saturated heterocycles. The maximum atomic E-state index is 5.46. The Morgan fingerprint density at radius 2 is 1.94 bits per heavy atom. The van der Waals surface area contributed by atoms with Gasteiger partial charge in [0.2, 0.25) is 0 Å². The molecule has 2 N–H and O–H groups in total. The van der Waals surface area contributed by atoms with Crippen molar-refractivity contribution in [2.75, 3.05) is 13.6 Å². The Kier molecular flexibility index (Phi) is 6.70. The van der Waals surface area contributed by atoms with Crippen molar-refractivity contribution in [2.45, 2.75) is 25.8 Å². The van der Waals surface area contributed by atoms with Crippen LogP contribution in [0, 0.1) is 0 Å². The van der Waals surface area contributed by atoms with Crippen LogP contribution in [0.2, 0.25) is 0 Å². The predicted octanol–water partition coefficient (Wildman–Crippen LogP) is 3.34. The van der Waals surface area contributed by atoms with Gasteiger partial charge in [-0.15, -0.1) is 0 Å². The number of rotatable bonds is 7. The fourth-order valence-electron chi connectivity index (χ4n) is 1.66. The summed E-state index contributed by atoms with van der Waals surface area (Å²) in [6, 6.07) is 8.46. The second-order valence-electron chi connectivity index (χ2n) is 4.29. The molecule has 0 radical (unpaired) electrons. The van der Waals surface area contributed by atoms with Gasteiger partial charge in [0.05, 0.1) is 4.99 Å². The van der Waals surface area contributed by atoms with Gasteiger partial charge >= 0.3 is 0 Å². The van der Waals surface area contributed by atoms with Crippen LogP contribution in [0.25, 0.3) is 0 Å². The summed E-state index contributed by atoms with van der Waals surface area (Å²) in [7, 11) is 2.14. The topological polar surface area (TPSA) is 29.3 Å². The monoisotopic (exact) mass is 314 g/mol. The van der Waals surface area contributed by atoms with Crippen molar-refractivity contribution in [3.63, 3.8) is 0 Å². The molecule has 0 aliphatic rings. The maximum absolute atomic E-state index is 5.46. The van der Waals surface area contributed by atoms with Crippen molar-refractivity contribution in [2.24, 2.45) is 5.73 Å². The quantitative estimate of drug-likeness (QED) is 0.618. The highest BCUT2D eigenvalue weighted by Crippen LogP contribution is 2.12. The van der Waals surface area contributed by atoms with Crippen LogP contribution in [0.4, 0.5) is 0 Å². The zero-order valence-corrected chi connectivity index (χ0v) is 12.6. The van der Waals surface area contributed by atoms with Gasteiger partial charge in [-0.2, -0.15) is 0 Å². The summed E-state index contributed by atoms with van der Waals surface area (Å²) in [5.41, 5.74) is 6.80. The van der Waals surface area contributed by atoms with Crippen molar-refractivity contribution in [1.82, 2.24) is 4.90 Å². The minimum absolute atomic E-state index is 0.626. The number of thiocarbonyl (C=S) groups is 1. The fourth-order valence-corrected chi connectivity index (χ4v) is 2.07. The number of benzene rings is 1. The normalized spacial score (nSPS) is 10.8. The van der Waals surface area contributed by atoms with E-state index in [1.54, 1.807) is 0 Å². The molecule has 1 aromatic carbocycles. The molecule has 0 spiro atoms. The fraction of sp³-hybridized carbons (Fsp3) is 0.462. The Hall–Kier alpha value is -0.450. The molecular formula is C13H19BrN2S. The highest BCUT2D eigenvalue weighted by atomic mass is 79.9. The van der Waals surface area contributed by atoms with Gasteiger partial charge in [-0.1, -0.05) is 40.3 Å². The van der Waals surface area contributed by atoms with Crippen LogP contribution in [0.1, 0.15) is 24.8 Å². The van der Waals surface area contributed by atoms with E-state index in [2.05, 4.69) is 52.1 Å². The first-order chi connectivity index (χ1) is 8.08. The molecule has 0 atom stereocenters. The van der Waals surface area contributed by atoms with Crippen LogP contribution in [0.15, 0.2) is 28.7 Å². The minimum atomic E-state index is 0.626. The third-order valence-corrected chi connectivity index (χ3v) is 3.31. The van der Waals surface area contributed by atoms with E-state index in [9.17, 15) is 0 Å². The first-order valence-corrected chi connectivity index (χ1v) is 6.99. The largest absolute Gasteiger partial charge is 0.393 e. The molecule has 0 fully saturated rings. The van der Waals surface area contributed by atoms with Crippen molar-refractivity contribution in [3.05, 3.63) is 34.3 Å². The minimum Gasteiger partial charge on any atom is -0.393 e. The number of nitrogens with zero attached hydrogens (tertiary/aromatic N) is 1. The Balaban J connectivity index is 2.22. The van der Waals surface area contributed by atoms with Crippen LogP contribution in [-0.4, -0.2) is 23.5 Å². The molecule has 0 saturated carbocycles. The summed E-state index contributed by atoms with van der Waals surface area (Å²) in [6.45, 7) is 2.07. The molecule has 4 heteroatoms. The summed E-state index contributed by atoms with van der Waals surface area (Å²) in [4.78, 5) is 2.95. The molecule has 0 aliphatic heterocycles. The Bertz CT molecular complexity index is 351. The molecule has 0 aliphatic carbocycles. The van der Waals surface area contributed by atoms with E-state index in [0.29, 0.717) is 4.99 Å². The van der Waals surface area contributed by atoms with E-state index in [1.807, 2.05) is 0 Å². The molecule has 94 valence electrons. The van der Waals surface area contributed by atoms with Crippen molar-refractivity contribution < 1.29 is 0 Å². The van der Waals surface area contributed by atoms with Crippen LogP contribution >= 0.6 is 28.1 Å². The summed E-state index contributed by atoms with van der Waals surface area (Å²) in [5, 5.41) is 0. The molecule has 1 aromatic rings. The van der Waals surface area contributed by atoms with Crippen LogP contribution in [-0.2, 0) is 6.54 Å². The number of halogens is 1. The third-order valence-electron chi connectivity index (χ3n) is 2.58. The van der Waals surface area contributed by atoms with Gasteiger partial charge < -0.3 is 10.6 Å². The highest BCUT2D eigenvalue weighted by molar-refractivity contribution is 9.10. The summed E-state index contributed by atoms with van der Waals surface area (Å²) < 4.78 is 1.13. The molecule has 0 amide bonds. The SMILES string of the molecule is CN(CCCCC(N)=S)Cc1ccc(Br)cc1. The second-order valence-corrected chi connectivity index (χ2v) is 5.73. The van der Waals surface area contributed by atoms with Crippen LogP contribution < -0.4 is 5.73 Å². The van der Waals surface area contributed by atoms with Gasteiger partial charge in [0.15, 0.2) is 0 Å².